The number of amides is 2. The highest BCUT2D eigenvalue weighted by Gasteiger charge is 2.15. The van der Waals surface area contributed by atoms with Crippen LogP contribution in [0.4, 0.5) is 4.79 Å². The van der Waals surface area contributed by atoms with Gasteiger partial charge in [-0.05, 0) is 18.8 Å². The topological polar surface area (TPSA) is 74.2 Å². The average Bonchev–Trinajstić information content (AvgIpc) is 2.86. The fourth-order valence-corrected chi connectivity index (χ4v) is 2.70. The molecular weight excluding hydrogens is 274 g/mol. The van der Waals surface area contributed by atoms with Crippen molar-refractivity contribution in [3.8, 4) is 0 Å². The molecule has 1 aromatic heterocycles. The van der Waals surface area contributed by atoms with Crippen molar-refractivity contribution in [2.75, 3.05) is 13.2 Å². The van der Waals surface area contributed by atoms with Gasteiger partial charge in [-0.25, -0.2) is 9.78 Å². The van der Waals surface area contributed by atoms with Gasteiger partial charge in [0.05, 0.1) is 5.01 Å². The quantitative estimate of drug-likeness (QED) is 0.687. The Balaban J connectivity index is 2.28. The summed E-state index contributed by atoms with van der Waals surface area (Å²) in [4.78, 5) is 17.4. The SMILES string of the molecule is CCc1cnc(CCNC(=O)NC(CCO)C(C)C)s1. The first-order valence-corrected chi connectivity index (χ1v) is 7.97. The van der Waals surface area contributed by atoms with E-state index in [0.29, 0.717) is 18.9 Å². The van der Waals surface area contributed by atoms with Crippen LogP contribution in [0.1, 0.15) is 37.1 Å². The molecular formula is C14H25N3O2S. The van der Waals surface area contributed by atoms with Gasteiger partial charge in [0.25, 0.3) is 0 Å². The highest BCUT2D eigenvalue weighted by atomic mass is 32.1. The van der Waals surface area contributed by atoms with E-state index in [-0.39, 0.29) is 18.7 Å². The number of thiazole rings is 1. The van der Waals surface area contributed by atoms with Crippen LogP contribution < -0.4 is 10.6 Å². The largest absolute Gasteiger partial charge is 0.396 e. The van der Waals surface area contributed by atoms with Gasteiger partial charge in [-0.3, -0.25) is 0 Å². The predicted octanol–water partition coefficient (Wildman–Crippen LogP) is 1.95. The minimum atomic E-state index is -0.176. The Morgan fingerprint density at radius 1 is 1.50 bits per heavy atom. The summed E-state index contributed by atoms with van der Waals surface area (Å²) >= 11 is 1.70. The van der Waals surface area contributed by atoms with Crippen LogP contribution in [-0.4, -0.2) is 35.3 Å². The molecule has 0 aromatic carbocycles. The number of aliphatic hydroxyl groups excluding tert-OH is 1. The van der Waals surface area contributed by atoms with Crippen LogP contribution in [0.25, 0.3) is 0 Å². The molecule has 0 bridgehead atoms. The van der Waals surface area contributed by atoms with E-state index < -0.39 is 0 Å². The van der Waals surface area contributed by atoms with Crippen LogP contribution in [0.5, 0.6) is 0 Å². The summed E-state index contributed by atoms with van der Waals surface area (Å²) < 4.78 is 0. The van der Waals surface area contributed by atoms with Gasteiger partial charge in [-0.15, -0.1) is 11.3 Å². The number of urea groups is 1. The van der Waals surface area contributed by atoms with E-state index in [9.17, 15) is 4.79 Å². The summed E-state index contributed by atoms with van der Waals surface area (Å²) in [6.07, 6.45) is 4.24. The van der Waals surface area contributed by atoms with E-state index in [0.717, 1.165) is 17.8 Å². The number of aryl methyl sites for hydroxylation is 1. The van der Waals surface area contributed by atoms with Crippen molar-refractivity contribution in [3.63, 3.8) is 0 Å². The van der Waals surface area contributed by atoms with Gasteiger partial charge in [0.2, 0.25) is 0 Å². The van der Waals surface area contributed by atoms with Crippen molar-refractivity contribution < 1.29 is 9.90 Å². The number of hydrogen-bond donors (Lipinski definition) is 3. The zero-order valence-corrected chi connectivity index (χ0v) is 13.3. The second-order valence-corrected chi connectivity index (χ2v) is 6.29. The first-order chi connectivity index (χ1) is 9.56. The Labute approximate surface area is 124 Å². The molecule has 1 aromatic rings. The van der Waals surface area contributed by atoms with Crippen LogP contribution in [0.3, 0.4) is 0 Å². The zero-order chi connectivity index (χ0) is 15.0. The minimum Gasteiger partial charge on any atom is -0.396 e. The third-order valence-corrected chi connectivity index (χ3v) is 4.34. The number of aromatic nitrogens is 1. The zero-order valence-electron chi connectivity index (χ0n) is 12.5. The number of carbonyl (C=O) groups is 1. The van der Waals surface area contributed by atoms with Gasteiger partial charge >= 0.3 is 6.03 Å². The van der Waals surface area contributed by atoms with Crippen LogP contribution in [-0.2, 0) is 12.8 Å². The standard InChI is InChI=1S/C14H25N3O2S/c1-4-11-9-16-13(20-11)5-7-15-14(19)17-12(6-8-18)10(2)3/h9-10,12,18H,4-8H2,1-3H3,(H2,15,17,19). The van der Waals surface area contributed by atoms with Crippen LogP contribution >= 0.6 is 11.3 Å². The average molecular weight is 299 g/mol. The van der Waals surface area contributed by atoms with E-state index in [1.165, 1.54) is 4.88 Å². The van der Waals surface area contributed by atoms with Crippen molar-refractivity contribution in [1.82, 2.24) is 15.6 Å². The summed E-state index contributed by atoms with van der Waals surface area (Å²) in [5, 5.41) is 15.8. The maximum atomic E-state index is 11.8. The molecule has 5 nitrogen and oxygen atoms in total. The van der Waals surface area contributed by atoms with Crippen molar-refractivity contribution in [3.05, 3.63) is 16.1 Å². The summed E-state index contributed by atoms with van der Waals surface area (Å²) in [5.74, 6) is 0.305. The van der Waals surface area contributed by atoms with E-state index >= 15 is 0 Å². The Kier molecular flexibility index (Phi) is 7.54. The molecule has 3 N–H and O–H groups in total. The molecule has 1 unspecified atom stereocenters. The van der Waals surface area contributed by atoms with Gasteiger partial charge in [0, 0.05) is 36.7 Å². The molecule has 6 heteroatoms. The van der Waals surface area contributed by atoms with Gasteiger partial charge in [-0.2, -0.15) is 0 Å². The summed E-state index contributed by atoms with van der Waals surface area (Å²) in [7, 11) is 0. The van der Waals surface area contributed by atoms with Crippen molar-refractivity contribution in [1.29, 1.82) is 0 Å². The lowest BCUT2D eigenvalue weighted by atomic mass is 10.0. The molecule has 1 heterocycles. The van der Waals surface area contributed by atoms with Crippen LogP contribution in [0.15, 0.2) is 6.20 Å². The molecule has 0 aliphatic rings. The molecule has 0 aliphatic carbocycles. The lowest BCUT2D eigenvalue weighted by Gasteiger charge is -2.21. The summed E-state index contributed by atoms with van der Waals surface area (Å²) in [6, 6.07) is -0.170. The Hall–Kier alpha value is -1.14. The highest BCUT2D eigenvalue weighted by Crippen LogP contribution is 2.13. The van der Waals surface area contributed by atoms with Gasteiger partial charge in [0.1, 0.15) is 0 Å². The number of nitrogens with one attached hydrogen (secondary N) is 2. The maximum Gasteiger partial charge on any atom is 0.315 e. The van der Waals surface area contributed by atoms with E-state index in [1.807, 2.05) is 20.0 Å². The van der Waals surface area contributed by atoms with Crippen LogP contribution in [0, 0.1) is 5.92 Å². The lowest BCUT2D eigenvalue weighted by molar-refractivity contribution is 0.219. The Morgan fingerprint density at radius 2 is 2.25 bits per heavy atom. The third-order valence-electron chi connectivity index (χ3n) is 3.14. The number of aliphatic hydroxyl groups is 1. The summed E-state index contributed by atoms with van der Waals surface area (Å²) in [5.41, 5.74) is 0. The van der Waals surface area contributed by atoms with Gasteiger partial charge in [-0.1, -0.05) is 20.8 Å². The molecule has 0 saturated carbocycles. The molecule has 20 heavy (non-hydrogen) atoms. The molecule has 0 radical (unpaired) electrons. The molecule has 0 fully saturated rings. The predicted molar refractivity (Wildman–Crippen MR) is 82.1 cm³/mol. The molecule has 2 amide bonds. The van der Waals surface area contributed by atoms with Gasteiger partial charge in [0.15, 0.2) is 0 Å². The molecule has 0 aliphatic heterocycles. The van der Waals surface area contributed by atoms with Gasteiger partial charge < -0.3 is 15.7 Å². The van der Waals surface area contributed by atoms with Crippen molar-refractivity contribution in [2.45, 2.75) is 46.1 Å². The smallest absolute Gasteiger partial charge is 0.315 e. The molecule has 1 atom stereocenters. The third kappa shape index (κ3) is 5.88. The first kappa shape index (κ1) is 16.9. The van der Waals surface area contributed by atoms with E-state index in [2.05, 4.69) is 22.5 Å². The fourth-order valence-electron chi connectivity index (χ4n) is 1.84. The number of rotatable bonds is 8. The summed E-state index contributed by atoms with van der Waals surface area (Å²) in [6.45, 7) is 6.83. The van der Waals surface area contributed by atoms with E-state index in [1.54, 1.807) is 11.3 Å². The molecule has 0 spiro atoms. The monoisotopic (exact) mass is 299 g/mol. The number of carbonyl (C=O) groups excluding carboxylic acids is 1. The second-order valence-electron chi connectivity index (χ2n) is 5.09. The lowest BCUT2D eigenvalue weighted by Crippen LogP contribution is -2.45. The fraction of sp³-hybridized carbons (Fsp3) is 0.714. The second kappa shape index (κ2) is 8.92. The normalized spacial score (nSPS) is 12.4. The molecule has 1 rings (SSSR count). The highest BCUT2D eigenvalue weighted by molar-refractivity contribution is 7.11. The Bertz CT molecular complexity index is 407. The van der Waals surface area contributed by atoms with E-state index in [4.69, 9.17) is 5.11 Å². The van der Waals surface area contributed by atoms with Crippen molar-refractivity contribution in [2.24, 2.45) is 5.92 Å². The number of nitrogens with zero attached hydrogens (tertiary/aromatic N) is 1. The minimum absolute atomic E-state index is 0.00607. The Morgan fingerprint density at radius 3 is 2.80 bits per heavy atom. The number of hydrogen-bond acceptors (Lipinski definition) is 4. The molecule has 0 saturated heterocycles. The molecule has 114 valence electrons. The first-order valence-electron chi connectivity index (χ1n) is 7.15. The maximum absolute atomic E-state index is 11.8. The van der Waals surface area contributed by atoms with Crippen molar-refractivity contribution >= 4 is 17.4 Å². The van der Waals surface area contributed by atoms with Crippen LogP contribution in [0.2, 0.25) is 0 Å².